The molecule has 1 aliphatic heterocycles. The zero-order valence-electron chi connectivity index (χ0n) is 6.29. The van der Waals surface area contributed by atoms with Crippen LogP contribution in [0.1, 0.15) is 12.8 Å². The molecule has 10 heavy (non-hydrogen) atoms. The van der Waals surface area contributed by atoms with Crippen LogP contribution in [-0.4, -0.2) is 42.3 Å². The summed E-state index contributed by atoms with van der Waals surface area (Å²) in [7, 11) is 0. The van der Waals surface area contributed by atoms with Crippen molar-refractivity contribution in [1.29, 1.82) is 0 Å². The van der Waals surface area contributed by atoms with Crippen molar-refractivity contribution < 1.29 is 5.11 Å². The maximum atomic E-state index is 8.64. The predicted octanol–water partition coefficient (Wildman–Crippen LogP) is -0.598. The number of likely N-dealkylation sites (tertiary alicyclic amines) is 1. The van der Waals surface area contributed by atoms with Crippen LogP contribution < -0.4 is 5.73 Å². The van der Waals surface area contributed by atoms with E-state index in [-0.39, 0.29) is 12.6 Å². The lowest BCUT2D eigenvalue weighted by Crippen LogP contribution is -2.38. The first kappa shape index (κ1) is 7.98. The molecule has 1 saturated heterocycles. The molecule has 3 N–H and O–H groups in total. The molecule has 0 unspecified atom stereocenters. The zero-order chi connectivity index (χ0) is 7.40. The third kappa shape index (κ3) is 2.25. The summed E-state index contributed by atoms with van der Waals surface area (Å²) in [6.07, 6.45) is 2.58. The van der Waals surface area contributed by atoms with Crippen LogP contribution >= 0.6 is 0 Å². The van der Waals surface area contributed by atoms with Crippen molar-refractivity contribution in [1.82, 2.24) is 4.90 Å². The molecule has 0 radical (unpaired) electrons. The highest BCUT2D eigenvalue weighted by Gasteiger charge is 2.13. The average molecular weight is 144 g/mol. The summed E-state index contributed by atoms with van der Waals surface area (Å²) in [5.41, 5.74) is 5.56. The monoisotopic (exact) mass is 144 g/mol. The van der Waals surface area contributed by atoms with Gasteiger partial charge in [0.05, 0.1) is 6.61 Å². The van der Waals surface area contributed by atoms with Gasteiger partial charge in [-0.1, -0.05) is 0 Å². The number of aliphatic hydroxyl groups excluding tert-OH is 1. The lowest BCUT2D eigenvalue weighted by atomic mass is 10.3. The number of hydrogen-bond donors (Lipinski definition) is 2. The van der Waals surface area contributed by atoms with Crippen LogP contribution in [0, 0.1) is 0 Å². The van der Waals surface area contributed by atoms with Gasteiger partial charge >= 0.3 is 0 Å². The second-order valence-corrected chi connectivity index (χ2v) is 2.95. The molecule has 3 nitrogen and oxygen atoms in total. The molecule has 1 atom stereocenters. The summed E-state index contributed by atoms with van der Waals surface area (Å²) in [5, 5.41) is 8.64. The highest BCUT2D eigenvalue weighted by molar-refractivity contribution is 4.71. The number of hydrogen-bond acceptors (Lipinski definition) is 3. The topological polar surface area (TPSA) is 49.5 Å². The Bertz CT molecular complexity index is 91.6. The standard InChI is InChI=1S/C7H16N2O/c8-7(6-10)5-9-3-1-2-4-9/h7,10H,1-6,8H2/t7-/m1/s1. The Morgan fingerprint density at radius 2 is 2.00 bits per heavy atom. The Labute approximate surface area is 61.8 Å². The van der Waals surface area contributed by atoms with Crippen LogP contribution in [0.4, 0.5) is 0 Å². The van der Waals surface area contributed by atoms with Crippen molar-refractivity contribution in [2.24, 2.45) is 5.73 Å². The smallest absolute Gasteiger partial charge is 0.0595 e. The fourth-order valence-corrected chi connectivity index (χ4v) is 1.35. The zero-order valence-corrected chi connectivity index (χ0v) is 6.29. The number of rotatable bonds is 3. The number of nitrogens with two attached hydrogens (primary N) is 1. The molecule has 0 aliphatic carbocycles. The Morgan fingerprint density at radius 1 is 1.40 bits per heavy atom. The van der Waals surface area contributed by atoms with Crippen LogP contribution in [0.2, 0.25) is 0 Å². The van der Waals surface area contributed by atoms with Crippen LogP contribution in [0.25, 0.3) is 0 Å². The Morgan fingerprint density at radius 3 is 2.50 bits per heavy atom. The van der Waals surface area contributed by atoms with E-state index in [9.17, 15) is 0 Å². The summed E-state index contributed by atoms with van der Waals surface area (Å²) in [6, 6.07) is -0.0434. The highest BCUT2D eigenvalue weighted by Crippen LogP contribution is 2.06. The lowest BCUT2D eigenvalue weighted by Gasteiger charge is -2.17. The van der Waals surface area contributed by atoms with Gasteiger partial charge in [0.15, 0.2) is 0 Å². The summed E-state index contributed by atoms with van der Waals surface area (Å²) in [5.74, 6) is 0. The molecule has 60 valence electrons. The third-order valence-corrected chi connectivity index (χ3v) is 1.93. The molecule has 0 saturated carbocycles. The maximum absolute atomic E-state index is 8.64. The lowest BCUT2D eigenvalue weighted by molar-refractivity contribution is 0.222. The van der Waals surface area contributed by atoms with E-state index in [0.717, 1.165) is 19.6 Å². The van der Waals surface area contributed by atoms with E-state index in [2.05, 4.69) is 4.90 Å². The molecule has 0 aromatic rings. The van der Waals surface area contributed by atoms with E-state index in [1.54, 1.807) is 0 Å². The summed E-state index contributed by atoms with van der Waals surface area (Å²) in [4.78, 5) is 2.31. The second kappa shape index (κ2) is 3.91. The van der Waals surface area contributed by atoms with E-state index < -0.39 is 0 Å². The van der Waals surface area contributed by atoms with Gasteiger partial charge < -0.3 is 15.7 Å². The fourth-order valence-electron chi connectivity index (χ4n) is 1.35. The quantitative estimate of drug-likeness (QED) is 0.556. The van der Waals surface area contributed by atoms with Crippen LogP contribution in [0.5, 0.6) is 0 Å². The van der Waals surface area contributed by atoms with Crippen LogP contribution in [0.3, 0.4) is 0 Å². The van der Waals surface area contributed by atoms with E-state index in [0.29, 0.717) is 0 Å². The second-order valence-electron chi connectivity index (χ2n) is 2.95. The van der Waals surface area contributed by atoms with Crippen molar-refractivity contribution in [3.05, 3.63) is 0 Å². The molecule has 1 rings (SSSR count). The number of nitrogens with zero attached hydrogens (tertiary/aromatic N) is 1. The van der Waals surface area contributed by atoms with Crippen LogP contribution in [0.15, 0.2) is 0 Å². The minimum atomic E-state index is -0.0434. The van der Waals surface area contributed by atoms with Gasteiger partial charge in [0.1, 0.15) is 0 Å². The minimum Gasteiger partial charge on any atom is -0.395 e. The molecule has 0 bridgehead atoms. The van der Waals surface area contributed by atoms with Crippen molar-refractivity contribution >= 4 is 0 Å². The summed E-state index contributed by atoms with van der Waals surface area (Å²) < 4.78 is 0. The van der Waals surface area contributed by atoms with Gasteiger partial charge in [0, 0.05) is 12.6 Å². The first-order valence-electron chi connectivity index (χ1n) is 3.91. The predicted molar refractivity (Wildman–Crippen MR) is 40.7 cm³/mol. The van der Waals surface area contributed by atoms with Crippen LogP contribution in [-0.2, 0) is 0 Å². The molecule has 1 heterocycles. The van der Waals surface area contributed by atoms with E-state index >= 15 is 0 Å². The first-order chi connectivity index (χ1) is 4.83. The van der Waals surface area contributed by atoms with Crippen molar-refractivity contribution in [2.75, 3.05) is 26.2 Å². The Kier molecular flexibility index (Phi) is 3.12. The van der Waals surface area contributed by atoms with Gasteiger partial charge in [0.2, 0.25) is 0 Å². The molecule has 3 heteroatoms. The van der Waals surface area contributed by atoms with Gasteiger partial charge in [-0.05, 0) is 25.9 Å². The maximum Gasteiger partial charge on any atom is 0.0595 e. The molecular formula is C7H16N2O. The normalized spacial score (nSPS) is 23.4. The van der Waals surface area contributed by atoms with E-state index in [1.165, 1.54) is 12.8 Å². The minimum absolute atomic E-state index is 0.0434. The Balaban J connectivity index is 2.11. The molecule has 0 aromatic carbocycles. The summed E-state index contributed by atoms with van der Waals surface area (Å²) in [6.45, 7) is 3.29. The van der Waals surface area contributed by atoms with E-state index in [1.807, 2.05) is 0 Å². The highest BCUT2D eigenvalue weighted by atomic mass is 16.3. The van der Waals surface area contributed by atoms with Gasteiger partial charge in [-0.3, -0.25) is 0 Å². The van der Waals surface area contributed by atoms with Gasteiger partial charge in [0.25, 0.3) is 0 Å². The van der Waals surface area contributed by atoms with Gasteiger partial charge in [-0.25, -0.2) is 0 Å². The molecular weight excluding hydrogens is 128 g/mol. The Hall–Kier alpha value is -0.120. The first-order valence-corrected chi connectivity index (χ1v) is 3.91. The largest absolute Gasteiger partial charge is 0.395 e. The van der Waals surface area contributed by atoms with E-state index in [4.69, 9.17) is 10.8 Å². The molecule has 1 aliphatic rings. The third-order valence-electron chi connectivity index (χ3n) is 1.93. The van der Waals surface area contributed by atoms with Crippen molar-refractivity contribution in [2.45, 2.75) is 18.9 Å². The molecule has 0 amide bonds. The molecule has 0 spiro atoms. The number of aliphatic hydroxyl groups is 1. The summed E-state index contributed by atoms with van der Waals surface area (Å²) >= 11 is 0. The van der Waals surface area contributed by atoms with Gasteiger partial charge in [-0.15, -0.1) is 0 Å². The van der Waals surface area contributed by atoms with Crippen molar-refractivity contribution in [3.8, 4) is 0 Å². The fraction of sp³-hybridized carbons (Fsp3) is 1.00. The SMILES string of the molecule is N[C@@H](CO)CN1CCCC1. The molecule has 0 aromatic heterocycles. The molecule has 1 fully saturated rings. The van der Waals surface area contributed by atoms with Gasteiger partial charge in [-0.2, -0.15) is 0 Å². The average Bonchev–Trinajstić information content (AvgIpc) is 2.40. The van der Waals surface area contributed by atoms with Crippen molar-refractivity contribution in [3.63, 3.8) is 0 Å².